The Hall–Kier alpha value is -4.80. The van der Waals surface area contributed by atoms with Gasteiger partial charge in [0.05, 0.1) is 19.1 Å². The second kappa shape index (κ2) is 11.6. The van der Waals surface area contributed by atoms with E-state index in [1.165, 1.54) is 12.1 Å². The molecule has 3 aliphatic rings. The van der Waals surface area contributed by atoms with Crippen LogP contribution in [0, 0.1) is 5.82 Å². The number of rotatable bonds is 2. The lowest BCUT2D eigenvalue weighted by Gasteiger charge is -2.37. The average Bonchev–Trinajstić information content (AvgIpc) is 3.48. The number of alkyl halides is 2. The molecule has 1 aromatic heterocycles. The molecule has 0 fully saturated rings. The number of hydrogen-bond donors (Lipinski definition) is 2. The first-order valence-corrected chi connectivity index (χ1v) is 13.6. The number of H-pyrrole nitrogens is 1. The van der Waals surface area contributed by atoms with E-state index in [-0.39, 0.29) is 30.3 Å². The minimum Gasteiger partial charge on any atom is -0.494 e. The highest BCUT2D eigenvalue weighted by Gasteiger charge is 2.34. The molecule has 0 saturated heterocycles. The van der Waals surface area contributed by atoms with Crippen molar-refractivity contribution in [1.29, 1.82) is 0 Å². The van der Waals surface area contributed by atoms with Crippen LogP contribution in [-0.4, -0.2) is 46.6 Å². The maximum Gasteiger partial charge on any atom is 0.279 e. The van der Waals surface area contributed by atoms with Gasteiger partial charge in [0.2, 0.25) is 5.91 Å². The molecular formula is C31H27F3N4O4. The molecule has 0 spiro atoms. The Bertz CT molecular complexity index is 1640. The van der Waals surface area contributed by atoms with Crippen LogP contribution < -0.4 is 14.8 Å². The van der Waals surface area contributed by atoms with Crippen molar-refractivity contribution in [3.63, 3.8) is 0 Å². The molecule has 0 radical (unpaired) electrons. The molecule has 4 heterocycles. The van der Waals surface area contributed by atoms with Gasteiger partial charge < -0.3 is 19.7 Å². The number of aromatic amines is 1. The van der Waals surface area contributed by atoms with Crippen LogP contribution in [0.15, 0.2) is 66.7 Å². The van der Waals surface area contributed by atoms with E-state index in [9.17, 15) is 22.8 Å². The van der Waals surface area contributed by atoms with Crippen molar-refractivity contribution in [3.8, 4) is 17.2 Å². The quantitative estimate of drug-likeness (QED) is 0.328. The van der Waals surface area contributed by atoms with Crippen LogP contribution in [0.1, 0.15) is 57.3 Å². The minimum atomic E-state index is -2.78. The maximum atomic E-state index is 14.7. The number of nitrogens with one attached hydrogen (secondary N) is 2. The van der Waals surface area contributed by atoms with Gasteiger partial charge in [-0.2, -0.15) is 5.10 Å². The van der Waals surface area contributed by atoms with E-state index in [0.29, 0.717) is 43.1 Å². The largest absolute Gasteiger partial charge is 0.494 e. The highest BCUT2D eigenvalue weighted by atomic mass is 19.3. The Balaban J connectivity index is 1.41. The molecular weight excluding hydrogens is 549 g/mol. The number of hydrogen-bond acceptors (Lipinski definition) is 5. The molecule has 7 rings (SSSR count). The van der Waals surface area contributed by atoms with Crippen molar-refractivity contribution in [2.45, 2.75) is 31.7 Å². The third kappa shape index (κ3) is 5.67. The molecule has 0 aliphatic carbocycles. The Morgan fingerprint density at radius 2 is 1.93 bits per heavy atom. The van der Waals surface area contributed by atoms with Crippen molar-refractivity contribution in [3.05, 3.63) is 106 Å². The van der Waals surface area contributed by atoms with Gasteiger partial charge in [0, 0.05) is 13.1 Å². The summed E-state index contributed by atoms with van der Waals surface area (Å²) in [5.41, 5.74) is 2.53. The summed E-state index contributed by atoms with van der Waals surface area (Å²) < 4.78 is 53.0. The fraction of sp³-hybridized carbons (Fsp3) is 0.258. The third-order valence-corrected chi connectivity index (χ3v) is 7.33. The van der Waals surface area contributed by atoms with E-state index >= 15 is 0 Å². The lowest BCUT2D eigenvalue weighted by Crippen LogP contribution is -2.40. The smallest absolute Gasteiger partial charge is 0.279 e. The van der Waals surface area contributed by atoms with Crippen LogP contribution in [-0.2, 0) is 17.6 Å². The highest BCUT2D eigenvalue weighted by Crippen LogP contribution is 2.39. The number of carbonyl (C=O) groups is 2. The first kappa shape index (κ1) is 27.4. The first-order chi connectivity index (χ1) is 20.4. The van der Waals surface area contributed by atoms with Crippen LogP contribution in [0.25, 0.3) is 0 Å². The molecule has 8 nitrogen and oxygen atoms in total. The number of fused-ring (bicyclic) bond motifs is 7. The van der Waals surface area contributed by atoms with Gasteiger partial charge in [0.1, 0.15) is 17.2 Å². The van der Waals surface area contributed by atoms with Gasteiger partial charge in [-0.25, -0.2) is 13.2 Å². The summed E-state index contributed by atoms with van der Waals surface area (Å²) in [4.78, 5) is 27.7. The van der Waals surface area contributed by atoms with E-state index in [2.05, 4.69) is 15.5 Å². The summed E-state index contributed by atoms with van der Waals surface area (Å²) in [5.74, 6) is -0.270. The van der Waals surface area contributed by atoms with E-state index in [4.69, 9.17) is 9.47 Å². The van der Waals surface area contributed by atoms with Gasteiger partial charge >= 0.3 is 0 Å². The van der Waals surface area contributed by atoms with Crippen LogP contribution >= 0.6 is 0 Å². The van der Waals surface area contributed by atoms with Crippen molar-refractivity contribution in [2.75, 3.05) is 19.7 Å². The first-order valence-electron chi connectivity index (χ1n) is 13.6. The summed E-state index contributed by atoms with van der Waals surface area (Å²) in [6, 6.07) is 17.5. The van der Waals surface area contributed by atoms with Crippen LogP contribution in [0.5, 0.6) is 17.2 Å². The summed E-state index contributed by atoms with van der Waals surface area (Å²) in [5, 5.41) is 8.94. The Morgan fingerprint density at radius 3 is 2.76 bits per heavy atom. The fourth-order valence-electron chi connectivity index (χ4n) is 5.33. The second-order valence-electron chi connectivity index (χ2n) is 10.2. The Kier molecular flexibility index (Phi) is 7.56. The molecule has 42 heavy (non-hydrogen) atoms. The molecule has 8 bridgehead atoms. The number of benzene rings is 3. The van der Waals surface area contributed by atoms with Gasteiger partial charge in [-0.3, -0.25) is 14.7 Å². The lowest BCUT2D eigenvalue weighted by molar-refractivity contribution is -0.120. The molecule has 3 aromatic carbocycles. The number of aromatic nitrogens is 2. The predicted molar refractivity (Wildman–Crippen MR) is 146 cm³/mol. The standard InChI is InChI=1S/C31H27F3N4O4/c32-24-8-5-18-13-27(24)42-22-6-7-23-19(15-22)9-11-38(31(40)26-17-25(30(33)34)36-37-26)29(23)20-3-1-4-21(16-20)41-12-2-10-35-28(39)14-18/h1,3-8,13,15-17,29-30H,2,9-12,14H2,(H,35,39)(H,36,37). The van der Waals surface area contributed by atoms with E-state index in [0.717, 1.165) is 22.8 Å². The predicted octanol–water partition coefficient (Wildman–Crippen LogP) is 5.51. The van der Waals surface area contributed by atoms with Crippen molar-refractivity contribution in [1.82, 2.24) is 20.4 Å². The normalized spacial score (nSPS) is 17.0. The molecule has 1 atom stereocenters. The molecule has 0 saturated carbocycles. The van der Waals surface area contributed by atoms with Gasteiger partial charge in [0.25, 0.3) is 12.3 Å². The molecule has 4 aromatic rings. The van der Waals surface area contributed by atoms with Gasteiger partial charge in [-0.15, -0.1) is 0 Å². The Labute approximate surface area is 239 Å². The summed E-state index contributed by atoms with van der Waals surface area (Å²) >= 11 is 0. The summed E-state index contributed by atoms with van der Waals surface area (Å²) in [6.45, 7) is 1.01. The van der Waals surface area contributed by atoms with Crippen LogP contribution in [0.4, 0.5) is 13.2 Å². The molecule has 2 N–H and O–H groups in total. The summed E-state index contributed by atoms with van der Waals surface area (Å²) in [6.07, 6.45) is -1.71. The van der Waals surface area contributed by atoms with Crippen molar-refractivity contribution in [2.24, 2.45) is 0 Å². The van der Waals surface area contributed by atoms with Gasteiger partial charge in [-0.05, 0) is 77.6 Å². The minimum absolute atomic E-state index is 0.00297. The van der Waals surface area contributed by atoms with Crippen molar-refractivity contribution >= 4 is 11.8 Å². The van der Waals surface area contributed by atoms with Crippen LogP contribution in [0.2, 0.25) is 0 Å². The second-order valence-corrected chi connectivity index (χ2v) is 10.2. The number of halogens is 3. The number of nitrogens with zero attached hydrogens (tertiary/aromatic N) is 2. The molecule has 3 aliphatic heterocycles. The monoisotopic (exact) mass is 576 g/mol. The fourth-order valence-corrected chi connectivity index (χ4v) is 5.33. The summed E-state index contributed by atoms with van der Waals surface area (Å²) in [7, 11) is 0. The Morgan fingerprint density at radius 1 is 1.05 bits per heavy atom. The zero-order valence-electron chi connectivity index (χ0n) is 22.4. The highest BCUT2D eigenvalue weighted by molar-refractivity contribution is 5.93. The average molecular weight is 577 g/mol. The zero-order valence-corrected chi connectivity index (χ0v) is 22.4. The third-order valence-electron chi connectivity index (χ3n) is 7.33. The van der Waals surface area contributed by atoms with Gasteiger partial charge in [-0.1, -0.05) is 24.3 Å². The van der Waals surface area contributed by atoms with Gasteiger partial charge in [0.15, 0.2) is 17.3 Å². The van der Waals surface area contributed by atoms with E-state index < -0.39 is 29.9 Å². The maximum absolute atomic E-state index is 14.7. The zero-order chi connectivity index (χ0) is 29.2. The molecule has 1 unspecified atom stereocenters. The topological polar surface area (TPSA) is 96.5 Å². The van der Waals surface area contributed by atoms with Crippen LogP contribution in [0.3, 0.4) is 0 Å². The van der Waals surface area contributed by atoms with E-state index in [1.54, 1.807) is 29.2 Å². The number of amides is 2. The number of carbonyl (C=O) groups excluding carboxylic acids is 2. The number of ether oxygens (including phenoxy) is 2. The van der Waals surface area contributed by atoms with Crippen molar-refractivity contribution < 1.29 is 32.2 Å². The molecule has 11 heteroatoms. The molecule has 216 valence electrons. The van der Waals surface area contributed by atoms with E-state index in [1.807, 2.05) is 24.3 Å². The SMILES string of the molecule is O=C1Cc2ccc(F)c(c2)Oc2ccc3c(c2)CCN(C(=O)c2cc(C(F)F)[nH]n2)C3c2cccc(c2)OCCCN1. The molecule has 2 amide bonds. The lowest BCUT2D eigenvalue weighted by atomic mass is 9.87.